The molecule has 0 saturated carbocycles. The minimum atomic E-state index is -0.677. The molecule has 0 amide bonds. The molecule has 1 aliphatic rings. The van der Waals surface area contributed by atoms with E-state index in [2.05, 4.69) is 17.3 Å². The fraction of sp³-hybridized carbons (Fsp3) is 0.500. The topological polar surface area (TPSA) is 59.3 Å². The fourth-order valence-electron chi connectivity index (χ4n) is 3.10. The van der Waals surface area contributed by atoms with E-state index in [4.69, 9.17) is 16.3 Å². The Hall–Kier alpha value is -1.40. The predicted octanol–water partition coefficient (Wildman–Crippen LogP) is 3.03. The molecule has 2 heterocycles. The van der Waals surface area contributed by atoms with Crippen LogP contribution in [0.5, 0.6) is 0 Å². The SMILES string of the molecule is Cc1c(C(C)NCC2(O)CCOCC2)cnn1-c1cccc(Cl)c1. The summed E-state index contributed by atoms with van der Waals surface area (Å²) in [4.78, 5) is 0. The predicted molar refractivity (Wildman–Crippen MR) is 94.7 cm³/mol. The minimum Gasteiger partial charge on any atom is -0.388 e. The molecule has 2 N–H and O–H groups in total. The number of nitrogens with zero attached hydrogens (tertiary/aromatic N) is 2. The molecule has 1 atom stereocenters. The monoisotopic (exact) mass is 349 g/mol. The number of aromatic nitrogens is 2. The van der Waals surface area contributed by atoms with Gasteiger partial charge < -0.3 is 15.2 Å². The highest BCUT2D eigenvalue weighted by atomic mass is 35.5. The van der Waals surface area contributed by atoms with Crippen LogP contribution in [-0.4, -0.2) is 40.2 Å². The van der Waals surface area contributed by atoms with Gasteiger partial charge in [-0.2, -0.15) is 5.10 Å². The van der Waals surface area contributed by atoms with Crippen molar-refractivity contribution in [3.05, 3.63) is 46.7 Å². The Morgan fingerprint density at radius 1 is 1.42 bits per heavy atom. The Labute approximate surface area is 147 Å². The van der Waals surface area contributed by atoms with E-state index in [9.17, 15) is 5.11 Å². The number of hydrogen-bond acceptors (Lipinski definition) is 4. The Bertz CT molecular complexity index is 695. The second kappa shape index (κ2) is 7.23. The van der Waals surface area contributed by atoms with E-state index in [0.29, 0.717) is 37.6 Å². The molecule has 1 aliphatic heterocycles. The summed E-state index contributed by atoms with van der Waals surface area (Å²) in [6, 6.07) is 7.75. The lowest BCUT2D eigenvalue weighted by atomic mass is 9.94. The van der Waals surface area contributed by atoms with Gasteiger partial charge in [0.2, 0.25) is 0 Å². The zero-order chi connectivity index (χ0) is 17.2. The Morgan fingerprint density at radius 3 is 2.88 bits per heavy atom. The van der Waals surface area contributed by atoms with Crippen LogP contribution in [0.1, 0.15) is 37.1 Å². The van der Waals surface area contributed by atoms with Crippen LogP contribution in [-0.2, 0) is 4.74 Å². The molecule has 6 heteroatoms. The van der Waals surface area contributed by atoms with Crippen LogP contribution in [0.3, 0.4) is 0 Å². The lowest BCUT2D eigenvalue weighted by molar-refractivity contribution is -0.0626. The van der Waals surface area contributed by atoms with Crippen molar-refractivity contribution in [3.63, 3.8) is 0 Å². The van der Waals surface area contributed by atoms with Gasteiger partial charge in [0.05, 0.1) is 17.5 Å². The van der Waals surface area contributed by atoms with Gasteiger partial charge in [-0.15, -0.1) is 0 Å². The maximum absolute atomic E-state index is 10.6. The molecule has 3 rings (SSSR count). The lowest BCUT2D eigenvalue weighted by Gasteiger charge is -2.33. The van der Waals surface area contributed by atoms with E-state index in [1.165, 1.54) is 0 Å². The van der Waals surface area contributed by atoms with Gasteiger partial charge in [0, 0.05) is 54.9 Å². The molecular formula is C18H24ClN3O2. The molecule has 0 bridgehead atoms. The van der Waals surface area contributed by atoms with Crippen molar-refractivity contribution >= 4 is 11.6 Å². The summed E-state index contributed by atoms with van der Waals surface area (Å²) in [5.74, 6) is 0. The normalized spacial score (nSPS) is 18.5. The van der Waals surface area contributed by atoms with Gasteiger partial charge in [0.25, 0.3) is 0 Å². The zero-order valence-corrected chi connectivity index (χ0v) is 14.9. The standard InChI is InChI=1S/C18H24ClN3O2/c1-13(20-12-18(23)6-8-24-9-7-18)17-11-21-22(14(17)2)16-5-3-4-15(19)10-16/h3-5,10-11,13,20,23H,6-9,12H2,1-2H3. The number of aliphatic hydroxyl groups is 1. The van der Waals surface area contributed by atoms with Gasteiger partial charge in [-0.05, 0) is 32.0 Å². The van der Waals surface area contributed by atoms with Gasteiger partial charge in [-0.1, -0.05) is 17.7 Å². The van der Waals surface area contributed by atoms with Gasteiger partial charge in [0.15, 0.2) is 0 Å². The molecule has 0 aliphatic carbocycles. The highest BCUT2D eigenvalue weighted by Gasteiger charge is 2.30. The minimum absolute atomic E-state index is 0.102. The molecule has 1 aromatic heterocycles. The molecule has 130 valence electrons. The summed E-state index contributed by atoms with van der Waals surface area (Å²) in [7, 11) is 0. The Kier molecular flexibility index (Phi) is 5.25. The van der Waals surface area contributed by atoms with E-state index >= 15 is 0 Å². The molecule has 1 aromatic carbocycles. The van der Waals surface area contributed by atoms with Crippen LogP contribution in [0, 0.1) is 6.92 Å². The van der Waals surface area contributed by atoms with Gasteiger partial charge in [0.1, 0.15) is 0 Å². The second-order valence-corrected chi connectivity index (χ2v) is 6.95. The van der Waals surface area contributed by atoms with Crippen molar-refractivity contribution in [3.8, 4) is 5.69 Å². The number of hydrogen-bond donors (Lipinski definition) is 2. The third-order valence-corrected chi connectivity index (χ3v) is 4.96. The summed E-state index contributed by atoms with van der Waals surface area (Å²) in [5.41, 5.74) is 2.45. The highest BCUT2D eigenvalue weighted by Crippen LogP contribution is 2.24. The first-order chi connectivity index (χ1) is 11.5. The third-order valence-electron chi connectivity index (χ3n) is 4.73. The van der Waals surface area contributed by atoms with Crippen LogP contribution in [0.4, 0.5) is 0 Å². The maximum Gasteiger partial charge on any atom is 0.0815 e. The first-order valence-electron chi connectivity index (χ1n) is 8.32. The van der Waals surface area contributed by atoms with Crippen LogP contribution in [0.15, 0.2) is 30.5 Å². The number of nitrogens with one attached hydrogen (secondary N) is 1. The van der Waals surface area contributed by atoms with Crippen LogP contribution < -0.4 is 5.32 Å². The maximum atomic E-state index is 10.6. The van der Waals surface area contributed by atoms with Gasteiger partial charge in [-0.25, -0.2) is 4.68 Å². The molecular weight excluding hydrogens is 326 g/mol. The smallest absolute Gasteiger partial charge is 0.0815 e. The van der Waals surface area contributed by atoms with Crippen molar-refractivity contribution in [2.45, 2.75) is 38.3 Å². The summed E-state index contributed by atoms with van der Waals surface area (Å²) in [5, 5.41) is 19.2. The summed E-state index contributed by atoms with van der Waals surface area (Å²) >= 11 is 6.08. The van der Waals surface area contributed by atoms with Crippen molar-refractivity contribution < 1.29 is 9.84 Å². The number of halogens is 1. The molecule has 0 radical (unpaired) electrons. The van der Waals surface area contributed by atoms with Crippen molar-refractivity contribution in [2.75, 3.05) is 19.8 Å². The Balaban J connectivity index is 1.71. The highest BCUT2D eigenvalue weighted by molar-refractivity contribution is 6.30. The van der Waals surface area contributed by atoms with Crippen molar-refractivity contribution in [1.82, 2.24) is 15.1 Å². The van der Waals surface area contributed by atoms with Gasteiger partial charge >= 0.3 is 0 Å². The van der Waals surface area contributed by atoms with Crippen LogP contribution in [0.25, 0.3) is 5.69 Å². The first kappa shape index (κ1) is 17.4. The summed E-state index contributed by atoms with van der Waals surface area (Å²) < 4.78 is 7.22. The van der Waals surface area contributed by atoms with E-state index in [-0.39, 0.29) is 6.04 Å². The lowest BCUT2D eigenvalue weighted by Crippen LogP contribution is -2.45. The molecule has 5 nitrogen and oxygen atoms in total. The third kappa shape index (κ3) is 3.81. The largest absolute Gasteiger partial charge is 0.388 e. The van der Waals surface area contributed by atoms with E-state index in [1.807, 2.05) is 42.1 Å². The quantitative estimate of drug-likeness (QED) is 0.871. The zero-order valence-electron chi connectivity index (χ0n) is 14.1. The van der Waals surface area contributed by atoms with Crippen LogP contribution >= 0.6 is 11.6 Å². The first-order valence-corrected chi connectivity index (χ1v) is 8.70. The molecule has 0 spiro atoms. The number of benzene rings is 1. The molecule has 1 saturated heterocycles. The summed E-state index contributed by atoms with van der Waals surface area (Å²) in [6.45, 7) is 5.94. The Morgan fingerprint density at radius 2 is 2.17 bits per heavy atom. The second-order valence-electron chi connectivity index (χ2n) is 6.52. The molecule has 1 unspecified atom stereocenters. The molecule has 24 heavy (non-hydrogen) atoms. The average molecular weight is 350 g/mol. The van der Waals surface area contributed by atoms with E-state index in [0.717, 1.165) is 16.9 Å². The molecule has 2 aromatic rings. The average Bonchev–Trinajstić information content (AvgIpc) is 2.95. The van der Waals surface area contributed by atoms with Gasteiger partial charge in [-0.3, -0.25) is 0 Å². The number of rotatable bonds is 5. The summed E-state index contributed by atoms with van der Waals surface area (Å²) in [6.07, 6.45) is 3.23. The van der Waals surface area contributed by atoms with Crippen molar-refractivity contribution in [1.29, 1.82) is 0 Å². The van der Waals surface area contributed by atoms with E-state index in [1.54, 1.807) is 0 Å². The molecule has 1 fully saturated rings. The fourth-order valence-corrected chi connectivity index (χ4v) is 3.28. The van der Waals surface area contributed by atoms with E-state index < -0.39 is 5.60 Å². The van der Waals surface area contributed by atoms with Crippen LogP contribution in [0.2, 0.25) is 5.02 Å². The van der Waals surface area contributed by atoms with Crippen molar-refractivity contribution in [2.24, 2.45) is 0 Å². The number of ether oxygens (including phenoxy) is 1.